The third kappa shape index (κ3) is 3.73. The summed E-state index contributed by atoms with van der Waals surface area (Å²) in [5.41, 5.74) is 8.01. The Hall–Kier alpha value is -1.02. The summed E-state index contributed by atoms with van der Waals surface area (Å²) in [4.78, 5) is 2.69. The van der Waals surface area contributed by atoms with Crippen LogP contribution in [-0.2, 0) is 0 Å². The van der Waals surface area contributed by atoms with Gasteiger partial charge in [-0.3, -0.25) is 4.90 Å². The molecule has 2 N–H and O–H groups in total. The molecule has 19 heavy (non-hydrogen) atoms. The van der Waals surface area contributed by atoms with Gasteiger partial charge < -0.3 is 5.73 Å². The molecular formula is C17H28N2. The fourth-order valence-electron chi connectivity index (χ4n) is 3.25. The number of piperidine rings is 1. The number of benzene rings is 1. The maximum absolute atomic E-state index is 5.75. The summed E-state index contributed by atoms with van der Waals surface area (Å²) in [6.45, 7) is 8.30. The molecule has 0 saturated carbocycles. The fraction of sp³-hybridized carbons (Fsp3) is 0.647. The van der Waals surface area contributed by atoms with Gasteiger partial charge in [-0.25, -0.2) is 0 Å². The van der Waals surface area contributed by atoms with Crippen LogP contribution in [0.2, 0.25) is 0 Å². The lowest BCUT2D eigenvalue weighted by molar-refractivity contribution is 0.100. The van der Waals surface area contributed by atoms with Crippen molar-refractivity contribution in [1.29, 1.82) is 0 Å². The van der Waals surface area contributed by atoms with Crippen LogP contribution in [0.5, 0.6) is 0 Å². The number of nitrogen functional groups attached to an aromatic ring is 1. The SMILES string of the molecule is CC(CCN1C(C)CCCC1C)c1ccc(N)cc1. The molecule has 1 saturated heterocycles. The van der Waals surface area contributed by atoms with Crippen LogP contribution in [0.4, 0.5) is 5.69 Å². The van der Waals surface area contributed by atoms with E-state index in [1.165, 1.54) is 37.8 Å². The van der Waals surface area contributed by atoms with Gasteiger partial charge in [0.25, 0.3) is 0 Å². The van der Waals surface area contributed by atoms with Crippen molar-refractivity contribution < 1.29 is 0 Å². The molecule has 2 heteroatoms. The van der Waals surface area contributed by atoms with Crippen LogP contribution in [0.1, 0.15) is 57.9 Å². The Balaban J connectivity index is 1.88. The average molecular weight is 260 g/mol. The molecule has 0 amide bonds. The third-order valence-corrected chi connectivity index (χ3v) is 4.70. The zero-order chi connectivity index (χ0) is 13.8. The molecule has 0 bridgehead atoms. The summed E-state index contributed by atoms with van der Waals surface area (Å²) >= 11 is 0. The third-order valence-electron chi connectivity index (χ3n) is 4.70. The second-order valence-corrected chi connectivity index (χ2v) is 6.22. The van der Waals surface area contributed by atoms with Crippen molar-refractivity contribution in [3.63, 3.8) is 0 Å². The van der Waals surface area contributed by atoms with Crippen LogP contribution in [-0.4, -0.2) is 23.5 Å². The van der Waals surface area contributed by atoms with Crippen molar-refractivity contribution >= 4 is 5.69 Å². The molecule has 0 aromatic heterocycles. The summed E-state index contributed by atoms with van der Waals surface area (Å²) in [5.74, 6) is 0.613. The number of hydrogen-bond donors (Lipinski definition) is 1. The lowest BCUT2D eigenvalue weighted by Crippen LogP contribution is -2.44. The molecule has 106 valence electrons. The Labute approximate surface area is 118 Å². The summed E-state index contributed by atoms with van der Waals surface area (Å²) in [6.07, 6.45) is 5.35. The van der Waals surface area contributed by atoms with E-state index in [9.17, 15) is 0 Å². The molecule has 1 heterocycles. The lowest BCUT2D eigenvalue weighted by atomic mass is 9.94. The van der Waals surface area contributed by atoms with Crippen LogP contribution >= 0.6 is 0 Å². The highest BCUT2D eigenvalue weighted by atomic mass is 15.2. The van der Waals surface area contributed by atoms with Gasteiger partial charge in [0.05, 0.1) is 0 Å². The van der Waals surface area contributed by atoms with Crippen molar-refractivity contribution in [2.75, 3.05) is 12.3 Å². The Morgan fingerprint density at radius 3 is 2.32 bits per heavy atom. The normalized spacial score (nSPS) is 26.3. The molecule has 1 fully saturated rings. The van der Waals surface area contributed by atoms with E-state index in [1.807, 2.05) is 12.1 Å². The van der Waals surface area contributed by atoms with E-state index in [4.69, 9.17) is 5.73 Å². The van der Waals surface area contributed by atoms with Gasteiger partial charge in [-0.05, 0) is 63.3 Å². The second-order valence-electron chi connectivity index (χ2n) is 6.22. The van der Waals surface area contributed by atoms with Crippen molar-refractivity contribution in [2.45, 2.75) is 64.5 Å². The average Bonchev–Trinajstić information content (AvgIpc) is 2.38. The van der Waals surface area contributed by atoms with Crippen molar-refractivity contribution in [2.24, 2.45) is 0 Å². The Morgan fingerprint density at radius 2 is 1.74 bits per heavy atom. The summed E-state index contributed by atoms with van der Waals surface area (Å²) in [5, 5.41) is 0. The van der Waals surface area contributed by atoms with Gasteiger partial charge in [0.15, 0.2) is 0 Å². The molecule has 2 nitrogen and oxygen atoms in total. The smallest absolute Gasteiger partial charge is 0.0314 e. The minimum Gasteiger partial charge on any atom is -0.399 e. The van der Waals surface area contributed by atoms with E-state index in [2.05, 4.69) is 37.8 Å². The van der Waals surface area contributed by atoms with Crippen molar-refractivity contribution in [3.8, 4) is 0 Å². The first kappa shape index (κ1) is 14.4. The van der Waals surface area contributed by atoms with E-state index in [0.717, 1.165) is 17.8 Å². The molecule has 3 unspecified atom stereocenters. The van der Waals surface area contributed by atoms with Crippen molar-refractivity contribution in [3.05, 3.63) is 29.8 Å². The number of hydrogen-bond acceptors (Lipinski definition) is 2. The summed E-state index contributed by atoms with van der Waals surface area (Å²) in [6, 6.07) is 9.87. The van der Waals surface area contributed by atoms with Crippen LogP contribution < -0.4 is 5.73 Å². The molecule has 0 spiro atoms. The standard InChI is InChI=1S/C17H28N2/c1-13(16-7-9-17(18)10-8-16)11-12-19-14(2)5-4-6-15(19)3/h7-10,13-15H,4-6,11-12,18H2,1-3H3. The highest BCUT2D eigenvalue weighted by Gasteiger charge is 2.24. The van der Waals surface area contributed by atoms with E-state index in [1.54, 1.807) is 0 Å². The van der Waals surface area contributed by atoms with Gasteiger partial charge in [0.1, 0.15) is 0 Å². The van der Waals surface area contributed by atoms with Crippen LogP contribution in [0.25, 0.3) is 0 Å². The maximum Gasteiger partial charge on any atom is 0.0314 e. The van der Waals surface area contributed by atoms with Gasteiger partial charge in [0.2, 0.25) is 0 Å². The first-order valence-corrected chi connectivity index (χ1v) is 7.69. The van der Waals surface area contributed by atoms with Gasteiger partial charge in [-0.2, -0.15) is 0 Å². The Kier molecular flexibility index (Phi) is 4.87. The van der Waals surface area contributed by atoms with E-state index in [-0.39, 0.29) is 0 Å². The van der Waals surface area contributed by atoms with E-state index in [0.29, 0.717) is 5.92 Å². The number of likely N-dealkylation sites (tertiary alicyclic amines) is 1. The number of nitrogens with zero attached hydrogens (tertiary/aromatic N) is 1. The minimum atomic E-state index is 0.613. The quantitative estimate of drug-likeness (QED) is 0.828. The molecule has 3 atom stereocenters. The van der Waals surface area contributed by atoms with Gasteiger partial charge >= 0.3 is 0 Å². The molecule has 1 aromatic rings. The monoisotopic (exact) mass is 260 g/mol. The van der Waals surface area contributed by atoms with Gasteiger partial charge in [-0.15, -0.1) is 0 Å². The topological polar surface area (TPSA) is 29.3 Å². The molecule has 1 aliphatic heterocycles. The first-order valence-electron chi connectivity index (χ1n) is 7.69. The largest absolute Gasteiger partial charge is 0.399 e. The van der Waals surface area contributed by atoms with Crippen LogP contribution in [0, 0.1) is 0 Å². The van der Waals surface area contributed by atoms with Crippen LogP contribution in [0.3, 0.4) is 0 Å². The molecule has 2 rings (SSSR count). The molecule has 1 aliphatic rings. The van der Waals surface area contributed by atoms with Gasteiger partial charge in [0, 0.05) is 17.8 Å². The predicted octanol–water partition coefficient (Wildman–Crippen LogP) is 4.03. The highest BCUT2D eigenvalue weighted by Crippen LogP contribution is 2.26. The molecule has 1 aromatic carbocycles. The second kappa shape index (κ2) is 6.42. The Bertz CT molecular complexity index is 375. The van der Waals surface area contributed by atoms with Gasteiger partial charge in [-0.1, -0.05) is 25.5 Å². The number of anilines is 1. The fourth-order valence-corrected chi connectivity index (χ4v) is 3.25. The lowest BCUT2D eigenvalue weighted by Gasteiger charge is -2.39. The molecule has 0 radical (unpaired) electrons. The predicted molar refractivity (Wildman–Crippen MR) is 83.4 cm³/mol. The first-order chi connectivity index (χ1) is 9.08. The van der Waals surface area contributed by atoms with Crippen LogP contribution in [0.15, 0.2) is 24.3 Å². The van der Waals surface area contributed by atoms with E-state index < -0.39 is 0 Å². The van der Waals surface area contributed by atoms with E-state index >= 15 is 0 Å². The number of nitrogens with two attached hydrogens (primary N) is 1. The highest BCUT2D eigenvalue weighted by molar-refractivity contribution is 5.40. The summed E-state index contributed by atoms with van der Waals surface area (Å²) < 4.78 is 0. The zero-order valence-corrected chi connectivity index (χ0v) is 12.6. The van der Waals surface area contributed by atoms with Crippen molar-refractivity contribution in [1.82, 2.24) is 4.90 Å². The Morgan fingerprint density at radius 1 is 1.16 bits per heavy atom. The number of rotatable bonds is 4. The minimum absolute atomic E-state index is 0.613. The summed E-state index contributed by atoms with van der Waals surface area (Å²) in [7, 11) is 0. The molecular weight excluding hydrogens is 232 g/mol. The maximum atomic E-state index is 5.75. The molecule has 0 aliphatic carbocycles. The zero-order valence-electron chi connectivity index (χ0n) is 12.6.